The molecule has 1 aliphatic heterocycles. The third-order valence-corrected chi connectivity index (χ3v) is 7.24. The highest BCUT2D eigenvalue weighted by Crippen LogP contribution is 2.32. The zero-order valence-electron chi connectivity index (χ0n) is 9.93. The summed E-state index contributed by atoms with van der Waals surface area (Å²) in [6.45, 7) is 3.31. The first-order valence-corrected chi connectivity index (χ1v) is 8.58. The lowest BCUT2D eigenvalue weighted by molar-refractivity contribution is 0.00456. The van der Waals surface area contributed by atoms with Crippen molar-refractivity contribution in [3.8, 4) is 0 Å². The van der Waals surface area contributed by atoms with E-state index in [-0.39, 0.29) is 6.10 Å². The van der Waals surface area contributed by atoms with Crippen LogP contribution in [0.2, 0.25) is 0 Å². The zero-order valence-corrected chi connectivity index (χ0v) is 13.1. The standard InChI is InChI=1S/C10H15BrN2O3S2/c1-7-4-9(17-10(7)11)18(14,15)13-2-3-16-8(5-12)6-13/h4,8H,2-3,5-6,12H2,1H3. The Kier molecular flexibility index (Phi) is 4.45. The van der Waals surface area contributed by atoms with Crippen molar-refractivity contribution in [3.63, 3.8) is 0 Å². The van der Waals surface area contributed by atoms with Crippen LogP contribution in [0, 0.1) is 6.92 Å². The molecule has 1 aliphatic rings. The number of sulfonamides is 1. The van der Waals surface area contributed by atoms with Crippen LogP contribution in [0.3, 0.4) is 0 Å². The first-order chi connectivity index (χ1) is 8.45. The molecule has 102 valence electrons. The molecule has 0 amide bonds. The molecule has 0 spiro atoms. The molecule has 0 aromatic carbocycles. The number of hydrogen-bond acceptors (Lipinski definition) is 5. The third kappa shape index (κ3) is 2.78. The number of ether oxygens (including phenoxy) is 1. The molecule has 2 N–H and O–H groups in total. The smallest absolute Gasteiger partial charge is 0.252 e. The Morgan fingerprint density at radius 2 is 2.39 bits per heavy atom. The van der Waals surface area contributed by atoms with Crippen LogP contribution < -0.4 is 5.73 Å². The van der Waals surface area contributed by atoms with Gasteiger partial charge in [0, 0.05) is 19.6 Å². The van der Waals surface area contributed by atoms with Crippen molar-refractivity contribution in [2.75, 3.05) is 26.2 Å². The van der Waals surface area contributed by atoms with Crippen LogP contribution in [0.4, 0.5) is 0 Å². The van der Waals surface area contributed by atoms with Gasteiger partial charge in [0.2, 0.25) is 0 Å². The minimum absolute atomic E-state index is 0.210. The average molecular weight is 355 g/mol. The van der Waals surface area contributed by atoms with E-state index in [1.165, 1.54) is 15.6 Å². The second kappa shape index (κ2) is 5.56. The maximum atomic E-state index is 12.4. The fourth-order valence-electron chi connectivity index (χ4n) is 1.74. The van der Waals surface area contributed by atoms with E-state index in [9.17, 15) is 8.42 Å². The van der Waals surface area contributed by atoms with Gasteiger partial charge in [0.1, 0.15) is 4.21 Å². The molecule has 2 rings (SSSR count). The Labute approximate surface area is 119 Å². The number of hydrogen-bond donors (Lipinski definition) is 1. The van der Waals surface area contributed by atoms with Gasteiger partial charge in [0.25, 0.3) is 10.0 Å². The molecule has 18 heavy (non-hydrogen) atoms. The molecule has 1 aromatic rings. The molecule has 8 heteroatoms. The summed E-state index contributed by atoms with van der Waals surface area (Å²) in [4.78, 5) is 0. The van der Waals surface area contributed by atoms with Gasteiger partial charge in [-0.3, -0.25) is 0 Å². The minimum atomic E-state index is -3.42. The van der Waals surface area contributed by atoms with Gasteiger partial charge in [-0.05, 0) is 34.5 Å². The van der Waals surface area contributed by atoms with Gasteiger partial charge >= 0.3 is 0 Å². The van der Waals surface area contributed by atoms with Gasteiger partial charge < -0.3 is 10.5 Å². The van der Waals surface area contributed by atoms with Crippen molar-refractivity contribution in [1.82, 2.24) is 4.31 Å². The minimum Gasteiger partial charge on any atom is -0.374 e. The van der Waals surface area contributed by atoms with Crippen LogP contribution in [0.5, 0.6) is 0 Å². The summed E-state index contributed by atoms with van der Waals surface area (Å²) in [5.41, 5.74) is 6.46. The summed E-state index contributed by atoms with van der Waals surface area (Å²) in [5.74, 6) is 0. The number of rotatable bonds is 3. The van der Waals surface area contributed by atoms with Crippen LogP contribution in [-0.4, -0.2) is 45.1 Å². The van der Waals surface area contributed by atoms with Gasteiger partial charge in [0.05, 0.1) is 16.5 Å². The van der Waals surface area contributed by atoms with E-state index in [0.29, 0.717) is 30.5 Å². The molecule has 1 aromatic heterocycles. The summed E-state index contributed by atoms with van der Waals surface area (Å²) in [6.07, 6.45) is -0.210. The second-order valence-electron chi connectivity index (χ2n) is 4.11. The van der Waals surface area contributed by atoms with E-state index in [1.54, 1.807) is 6.07 Å². The average Bonchev–Trinajstić information content (AvgIpc) is 2.70. The number of thiophene rings is 1. The van der Waals surface area contributed by atoms with Gasteiger partial charge in [-0.1, -0.05) is 0 Å². The molecule has 1 saturated heterocycles. The summed E-state index contributed by atoms with van der Waals surface area (Å²) >= 11 is 4.59. The molecule has 1 fully saturated rings. The maximum Gasteiger partial charge on any atom is 0.252 e. The number of halogens is 1. The lowest BCUT2D eigenvalue weighted by Crippen LogP contribution is -2.47. The normalized spacial score (nSPS) is 22.3. The van der Waals surface area contributed by atoms with E-state index in [1.807, 2.05) is 6.92 Å². The number of nitrogens with zero attached hydrogens (tertiary/aromatic N) is 1. The van der Waals surface area contributed by atoms with Crippen LogP contribution in [0.25, 0.3) is 0 Å². The Hall–Kier alpha value is 0.01000. The summed E-state index contributed by atoms with van der Waals surface area (Å²) in [5, 5.41) is 0. The predicted molar refractivity (Wildman–Crippen MR) is 74.3 cm³/mol. The number of morpholine rings is 1. The second-order valence-corrected chi connectivity index (χ2v) is 8.65. The first kappa shape index (κ1) is 14.4. The third-order valence-electron chi connectivity index (χ3n) is 2.79. The quantitative estimate of drug-likeness (QED) is 0.884. The molecule has 0 aliphatic carbocycles. The molecule has 5 nitrogen and oxygen atoms in total. The monoisotopic (exact) mass is 354 g/mol. The fraction of sp³-hybridized carbons (Fsp3) is 0.600. The highest BCUT2D eigenvalue weighted by molar-refractivity contribution is 9.11. The SMILES string of the molecule is Cc1cc(S(=O)(=O)N2CCOC(CN)C2)sc1Br. The largest absolute Gasteiger partial charge is 0.374 e. The maximum absolute atomic E-state index is 12.4. The van der Waals surface area contributed by atoms with Crippen molar-refractivity contribution in [2.45, 2.75) is 17.2 Å². The van der Waals surface area contributed by atoms with E-state index < -0.39 is 10.0 Å². The Morgan fingerprint density at radius 1 is 1.67 bits per heavy atom. The van der Waals surface area contributed by atoms with Gasteiger partial charge in [0.15, 0.2) is 0 Å². The van der Waals surface area contributed by atoms with Crippen molar-refractivity contribution in [3.05, 3.63) is 15.4 Å². The molecule has 1 atom stereocenters. The summed E-state index contributed by atoms with van der Waals surface area (Å²) < 4.78 is 32.9. The summed E-state index contributed by atoms with van der Waals surface area (Å²) in [7, 11) is -3.42. The van der Waals surface area contributed by atoms with Gasteiger partial charge in [-0.2, -0.15) is 4.31 Å². The molecular weight excluding hydrogens is 340 g/mol. The highest BCUT2D eigenvalue weighted by atomic mass is 79.9. The lowest BCUT2D eigenvalue weighted by Gasteiger charge is -2.31. The molecule has 0 radical (unpaired) electrons. The molecule has 2 heterocycles. The zero-order chi connectivity index (χ0) is 13.3. The van der Waals surface area contributed by atoms with Crippen molar-refractivity contribution in [1.29, 1.82) is 0 Å². The van der Waals surface area contributed by atoms with Gasteiger partial charge in [-0.25, -0.2) is 8.42 Å². The number of aryl methyl sites for hydroxylation is 1. The van der Waals surface area contributed by atoms with Crippen LogP contribution in [0.15, 0.2) is 14.1 Å². The topological polar surface area (TPSA) is 72.6 Å². The number of nitrogens with two attached hydrogens (primary N) is 1. The summed E-state index contributed by atoms with van der Waals surface area (Å²) in [6, 6.07) is 1.69. The van der Waals surface area contributed by atoms with E-state index in [2.05, 4.69) is 15.9 Å². The van der Waals surface area contributed by atoms with Gasteiger partial charge in [-0.15, -0.1) is 11.3 Å². The van der Waals surface area contributed by atoms with Crippen molar-refractivity contribution >= 4 is 37.3 Å². The fourth-order valence-corrected chi connectivity index (χ4v) is 5.58. The van der Waals surface area contributed by atoms with Crippen LogP contribution in [0.1, 0.15) is 5.56 Å². The molecule has 0 bridgehead atoms. The van der Waals surface area contributed by atoms with E-state index in [0.717, 1.165) is 9.35 Å². The Morgan fingerprint density at radius 3 is 2.94 bits per heavy atom. The lowest BCUT2D eigenvalue weighted by atomic mass is 10.3. The van der Waals surface area contributed by atoms with Crippen LogP contribution in [-0.2, 0) is 14.8 Å². The van der Waals surface area contributed by atoms with E-state index >= 15 is 0 Å². The van der Waals surface area contributed by atoms with E-state index in [4.69, 9.17) is 10.5 Å². The first-order valence-electron chi connectivity index (χ1n) is 5.53. The Balaban J connectivity index is 2.25. The Bertz CT molecular complexity index is 510. The molecular formula is C10H15BrN2O3S2. The van der Waals surface area contributed by atoms with Crippen molar-refractivity contribution in [2.24, 2.45) is 5.73 Å². The predicted octanol–water partition coefficient (Wildman–Crippen LogP) is 1.17. The molecule has 0 saturated carbocycles. The van der Waals surface area contributed by atoms with Crippen LogP contribution >= 0.6 is 27.3 Å². The van der Waals surface area contributed by atoms with Crippen molar-refractivity contribution < 1.29 is 13.2 Å². The molecule has 1 unspecified atom stereocenters. The highest BCUT2D eigenvalue weighted by Gasteiger charge is 2.31.